The molecule has 29 heavy (non-hydrogen) atoms. The number of rotatable bonds is 9. The van der Waals surface area contributed by atoms with Crippen LogP contribution in [0.2, 0.25) is 0 Å². The van der Waals surface area contributed by atoms with E-state index in [2.05, 4.69) is 15.3 Å². The summed E-state index contributed by atoms with van der Waals surface area (Å²) in [6.07, 6.45) is 4.63. The highest BCUT2D eigenvalue weighted by Gasteiger charge is 2.15. The van der Waals surface area contributed by atoms with Crippen molar-refractivity contribution in [2.75, 3.05) is 16.8 Å². The van der Waals surface area contributed by atoms with Gasteiger partial charge in [0, 0.05) is 25.9 Å². The SMILES string of the molecule is CC(=O)c1ccc(N(C=O)Cc2cccnc2)c(NCCc2cccc(F)c2)n1. The van der Waals surface area contributed by atoms with Gasteiger partial charge in [0.25, 0.3) is 0 Å². The minimum absolute atomic E-state index is 0.172. The Kier molecular flexibility index (Phi) is 6.63. The molecule has 1 N–H and O–H groups in total. The number of benzene rings is 1. The van der Waals surface area contributed by atoms with Gasteiger partial charge in [-0.1, -0.05) is 18.2 Å². The van der Waals surface area contributed by atoms with Gasteiger partial charge < -0.3 is 10.2 Å². The van der Waals surface area contributed by atoms with Crippen LogP contribution in [0.1, 0.15) is 28.5 Å². The van der Waals surface area contributed by atoms with Crippen molar-refractivity contribution >= 4 is 23.7 Å². The molecule has 3 aromatic rings. The highest BCUT2D eigenvalue weighted by atomic mass is 19.1. The fourth-order valence-electron chi connectivity index (χ4n) is 2.90. The lowest BCUT2D eigenvalue weighted by molar-refractivity contribution is -0.107. The van der Waals surface area contributed by atoms with Crippen molar-refractivity contribution < 1.29 is 14.0 Å². The maximum absolute atomic E-state index is 13.4. The van der Waals surface area contributed by atoms with E-state index in [0.717, 1.165) is 17.5 Å². The number of amides is 1. The normalized spacial score (nSPS) is 10.4. The van der Waals surface area contributed by atoms with Gasteiger partial charge in [0.15, 0.2) is 11.6 Å². The van der Waals surface area contributed by atoms with Crippen molar-refractivity contribution in [2.24, 2.45) is 0 Å². The Hall–Kier alpha value is -3.61. The average Bonchev–Trinajstić information content (AvgIpc) is 2.73. The van der Waals surface area contributed by atoms with Crippen LogP contribution in [-0.4, -0.2) is 28.7 Å². The number of hydrogen-bond acceptors (Lipinski definition) is 5. The summed E-state index contributed by atoms with van der Waals surface area (Å²) in [5, 5.41) is 3.18. The molecule has 7 heteroatoms. The molecule has 0 aliphatic heterocycles. The number of nitrogens with one attached hydrogen (secondary N) is 1. The first-order valence-electron chi connectivity index (χ1n) is 9.18. The summed E-state index contributed by atoms with van der Waals surface area (Å²) >= 11 is 0. The van der Waals surface area contributed by atoms with Gasteiger partial charge in [-0.05, 0) is 47.9 Å². The number of halogens is 1. The summed E-state index contributed by atoms with van der Waals surface area (Å²) < 4.78 is 13.4. The molecule has 0 fully saturated rings. The zero-order valence-electron chi connectivity index (χ0n) is 16.0. The molecule has 0 aliphatic carbocycles. The molecular formula is C22H21FN4O2. The fourth-order valence-corrected chi connectivity index (χ4v) is 2.90. The quantitative estimate of drug-likeness (QED) is 0.445. The van der Waals surface area contributed by atoms with Gasteiger partial charge in [-0.3, -0.25) is 14.6 Å². The van der Waals surface area contributed by atoms with Gasteiger partial charge in [-0.15, -0.1) is 0 Å². The Labute approximate surface area is 168 Å². The van der Waals surface area contributed by atoms with Crippen LogP contribution in [0, 0.1) is 5.82 Å². The highest BCUT2D eigenvalue weighted by molar-refractivity contribution is 5.94. The van der Waals surface area contributed by atoms with E-state index in [1.807, 2.05) is 12.1 Å². The highest BCUT2D eigenvalue weighted by Crippen LogP contribution is 2.25. The smallest absolute Gasteiger partial charge is 0.214 e. The van der Waals surface area contributed by atoms with Crippen molar-refractivity contribution in [1.82, 2.24) is 9.97 Å². The average molecular weight is 392 g/mol. The molecule has 0 saturated carbocycles. The maximum atomic E-state index is 13.4. The second-order valence-corrected chi connectivity index (χ2v) is 6.52. The molecule has 1 aromatic carbocycles. The molecule has 0 unspecified atom stereocenters. The summed E-state index contributed by atoms with van der Waals surface area (Å²) in [6, 6.07) is 13.3. The molecule has 6 nitrogen and oxygen atoms in total. The van der Waals surface area contributed by atoms with Gasteiger partial charge >= 0.3 is 0 Å². The van der Waals surface area contributed by atoms with Gasteiger partial charge in [-0.25, -0.2) is 9.37 Å². The Balaban J connectivity index is 1.81. The number of Topliss-reactive ketones (excluding diaryl/α,β-unsaturated/α-hetero) is 1. The first-order valence-corrected chi connectivity index (χ1v) is 9.18. The summed E-state index contributed by atoms with van der Waals surface area (Å²) in [7, 11) is 0. The Bertz CT molecular complexity index is 995. The minimum atomic E-state index is -0.288. The Morgan fingerprint density at radius 2 is 2.00 bits per heavy atom. The Morgan fingerprint density at radius 1 is 1.17 bits per heavy atom. The van der Waals surface area contributed by atoms with Crippen LogP contribution in [0.3, 0.4) is 0 Å². The van der Waals surface area contributed by atoms with Crippen molar-refractivity contribution in [3.05, 3.63) is 83.6 Å². The predicted molar refractivity (Wildman–Crippen MR) is 109 cm³/mol. The molecule has 1 amide bonds. The van der Waals surface area contributed by atoms with Crippen molar-refractivity contribution in [3.8, 4) is 0 Å². The van der Waals surface area contributed by atoms with Crippen molar-refractivity contribution in [1.29, 1.82) is 0 Å². The van der Waals surface area contributed by atoms with Crippen LogP contribution in [-0.2, 0) is 17.8 Å². The lowest BCUT2D eigenvalue weighted by Crippen LogP contribution is -2.23. The standard InChI is InChI=1S/C22H21FN4O2/c1-16(29)20-7-8-21(27(15-28)14-18-5-3-10-24-13-18)22(26-20)25-11-9-17-4-2-6-19(23)12-17/h2-8,10,12-13,15H,9,11,14H2,1H3,(H,25,26). The first kappa shape index (κ1) is 20.1. The number of ketones is 1. The second kappa shape index (κ2) is 9.54. The van der Waals surface area contributed by atoms with E-state index in [0.29, 0.717) is 36.7 Å². The molecule has 148 valence electrons. The van der Waals surface area contributed by atoms with Crippen LogP contribution in [0.5, 0.6) is 0 Å². The molecule has 0 bridgehead atoms. The van der Waals surface area contributed by atoms with Crippen LogP contribution in [0.4, 0.5) is 15.9 Å². The molecule has 0 aliphatic rings. The summed E-state index contributed by atoms with van der Waals surface area (Å²) in [6.45, 7) is 2.22. The molecule has 2 aromatic heterocycles. The molecule has 0 atom stereocenters. The van der Waals surface area contributed by atoms with E-state index >= 15 is 0 Å². The maximum Gasteiger partial charge on any atom is 0.214 e. The van der Waals surface area contributed by atoms with Gasteiger partial charge in [0.1, 0.15) is 11.5 Å². The van der Waals surface area contributed by atoms with E-state index in [4.69, 9.17) is 0 Å². The molecule has 2 heterocycles. The van der Waals surface area contributed by atoms with Crippen molar-refractivity contribution in [3.63, 3.8) is 0 Å². The van der Waals surface area contributed by atoms with E-state index in [-0.39, 0.29) is 11.6 Å². The molecule has 0 radical (unpaired) electrons. The third-order valence-electron chi connectivity index (χ3n) is 4.34. The van der Waals surface area contributed by atoms with Crippen molar-refractivity contribution in [2.45, 2.75) is 19.9 Å². The summed E-state index contributed by atoms with van der Waals surface area (Å²) in [5.41, 5.74) is 2.55. The molecule has 3 rings (SSSR count). The Morgan fingerprint density at radius 3 is 2.69 bits per heavy atom. The molecule has 0 saturated heterocycles. The lowest BCUT2D eigenvalue weighted by atomic mass is 10.1. The summed E-state index contributed by atoms with van der Waals surface area (Å²) in [4.78, 5) is 33.4. The lowest BCUT2D eigenvalue weighted by Gasteiger charge is -2.21. The van der Waals surface area contributed by atoms with Gasteiger partial charge in [-0.2, -0.15) is 0 Å². The van der Waals surface area contributed by atoms with Crippen LogP contribution < -0.4 is 10.2 Å². The number of carbonyl (C=O) groups excluding carboxylic acids is 2. The van der Waals surface area contributed by atoms with Crippen LogP contribution in [0.25, 0.3) is 0 Å². The third-order valence-corrected chi connectivity index (χ3v) is 4.34. The number of hydrogen-bond donors (Lipinski definition) is 1. The number of pyridine rings is 2. The van der Waals surface area contributed by atoms with E-state index < -0.39 is 0 Å². The van der Waals surface area contributed by atoms with Gasteiger partial charge in [0.05, 0.1) is 12.2 Å². The predicted octanol–water partition coefficient (Wildman–Crippen LogP) is 3.64. The fraction of sp³-hybridized carbons (Fsp3) is 0.182. The van der Waals surface area contributed by atoms with E-state index in [1.54, 1.807) is 36.7 Å². The third kappa shape index (κ3) is 5.44. The number of nitrogens with zero attached hydrogens (tertiary/aromatic N) is 3. The zero-order valence-corrected chi connectivity index (χ0v) is 16.0. The monoisotopic (exact) mass is 392 g/mol. The number of carbonyl (C=O) groups is 2. The van der Waals surface area contributed by atoms with Crippen LogP contribution in [0.15, 0.2) is 60.9 Å². The summed E-state index contributed by atoms with van der Waals surface area (Å²) in [5.74, 6) is -0.0387. The largest absolute Gasteiger partial charge is 0.368 e. The molecule has 0 spiro atoms. The van der Waals surface area contributed by atoms with Gasteiger partial charge in [0.2, 0.25) is 6.41 Å². The number of aromatic nitrogens is 2. The topological polar surface area (TPSA) is 75.2 Å². The van der Waals surface area contributed by atoms with E-state index in [1.165, 1.54) is 24.0 Å². The second-order valence-electron chi connectivity index (χ2n) is 6.52. The first-order chi connectivity index (χ1) is 14.1. The van der Waals surface area contributed by atoms with E-state index in [9.17, 15) is 14.0 Å². The zero-order chi connectivity index (χ0) is 20.6. The van der Waals surface area contributed by atoms with Crippen LogP contribution >= 0.6 is 0 Å². The number of anilines is 2. The molecular weight excluding hydrogens is 371 g/mol. The minimum Gasteiger partial charge on any atom is -0.368 e.